The van der Waals surface area contributed by atoms with Gasteiger partial charge in [0.1, 0.15) is 0 Å². The lowest BCUT2D eigenvalue weighted by Crippen LogP contribution is -2.33. The minimum atomic E-state index is 0.702. The second-order valence-corrected chi connectivity index (χ2v) is 5.59. The Hall–Kier alpha value is -0.530. The fraction of sp³-hybridized carbons (Fsp3) is 0.600. The molecule has 0 radical (unpaired) electrons. The maximum Gasteiger partial charge on any atom is 0.0409 e. The standard InChI is InChI=1S/C15H22ClN/c1-2-12-5-4-8-15(10-12)17-11-13-6-3-7-14(16)9-13/h3,6-7,9,12,15,17H,2,4-5,8,10-11H2,1H3. The molecule has 0 aromatic heterocycles. The van der Waals surface area contributed by atoms with Gasteiger partial charge in [-0.25, -0.2) is 0 Å². The van der Waals surface area contributed by atoms with Crippen LogP contribution in [0.1, 0.15) is 44.6 Å². The molecule has 0 spiro atoms. The van der Waals surface area contributed by atoms with Crippen LogP contribution in [0.5, 0.6) is 0 Å². The average molecular weight is 252 g/mol. The van der Waals surface area contributed by atoms with E-state index in [-0.39, 0.29) is 0 Å². The van der Waals surface area contributed by atoms with Gasteiger partial charge in [-0.3, -0.25) is 0 Å². The number of halogens is 1. The Labute approximate surface area is 110 Å². The van der Waals surface area contributed by atoms with Crippen molar-refractivity contribution in [2.24, 2.45) is 5.92 Å². The first-order valence-corrected chi connectivity index (χ1v) is 7.13. The van der Waals surface area contributed by atoms with E-state index in [1.165, 1.54) is 37.7 Å². The zero-order valence-corrected chi connectivity index (χ0v) is 11.3. The molecular formula is C15H22ClN. The fourth-order valence-corrected chi connectivity index (χ4v) is 2.97. The van der Waals surface area contributed by atoms with Crippen molar-refractivity contribution in [3.63, 3.8) is 0 Å². The van der Waals surface area contributed by atoms with E-state index < -0.39 is 0 Å². The number of hydrogen-bond donors (Lipinski definition) is 1. The van der Waals surface area contributed by atoms with Crippen LogP contribution >= 0.6 is 11.6 Å². The third kappa shape index (κ3) is 4.01. The van der Waals surface area contributed by atoms with Gasteiger partial charge in [0.05, 0.1) is 0 Å². The Morgan fingerprint density at radius 3 is 3.00 bits per heavy atom. The fourth-order valence-electron chi connectivity index (χ4n) is 2.76. The monoisotopic (exact) mass is 251 g/mol. The normalized spacial score (nSPS) is 24.8. The Morgan fingerprint density at radius 1 is 1.35 bits per heavy atom. The number of hydrogen-bond acceptors (Lipinski definition) is 1. The third-order valence-corrected chi connectivity index (χ3v) is 4.08. The van der Waals surface area contributed by atoms with E-state index in [9.17, 15) is 0 Å². The van der Waals surface area contributed by atoms with Gasteiger partial charge < -0.3 is 5.32 Å². The highest BCUT2D eigenvalue weighted by atomic mass is 35.5. The molecule has 0 amide bonds. The van der Waals surface area contributed by atoms with E-state index in [2.05, 4.69) is 24.4 Å². The summed E-state index contributed by atoms with van der Waals surface area (Å²) in [6.45, 7) is 3.26. The van der Waals surface area contributed by atoms with Gasteiger partial charge in [0.25, 0.3) is 0 Å². The summed E-state index contributed by atoms with van der Waals surface area (Å²) in [6, 6.07) is 8.84. The minimum absolute atomic E-state index is 0.702. The maximum absolute atomic E-state index is 5.98. The summed E-state index contributed by atoms with van der Waals surface area (Å²) < 4.78 is 0. The first-order chi connectivity index (χ1) is 8.28. The van der Waals surface area contributed by atoms with Gasteiger partial charge >= 0.3 is 0 Å². The van der Waals surface area contributed by atoms with E-state index in [0.29, 0.717) is 6.04 Å². The van der Waals surface area contributed by atoms with E-state index in [4.69, 9.17) is 11.6 Å². The number of nitrogens with one attached hydrogen (secondary N) is 1. The molecule has 17 heavy (non-hydrogen) atoms. The van der Waals surface area contributed by atoms with E-state index >= 15 is 0 Å². The average Bonchev–Trinajstić information content (AvgIpc) is 2.37. The summed E-state index contributed by atoms with van der Waals surface area (Å²) in [5.41, 5.74) is 1.29. The van der Waals surface area contributed by atoms with Crippen LogP contribution in [0.25, 0.3) is 0 Å². The quantitative estimate of drug-likeness (QED) is 0.837. The summed E-state index contributed by atoms with van der Waals surface area (Å²) in [6.07, 6.45) is 6.81. The van der Waals surface area contributed by atoms with Crippen LogP contribution in [0.2, 0.25) is 5.02 Å². The van der Waals surface area contributed by atoms with E-state index in [1.807, 2.05) is 12.1 Å². The Balaban J connectivity index is 1.81. The van der Waals surface area contributed by atoms with Crippen molar-refractivity contribution < 1.29 is 0 Å². The highest BCUT2D eigenvalue weighted by molar-refractivity contribution is 6.30. The lowest BCUT2D eigenvalue weighted by atomic mass is 9.84. The molecule has 1 saturated carbocycles. The molecule has 1 aromatic carbocycles. The van der Waals surface area contributed by atoms with Gasteiger partial charge in [-0.15, -0.1) is 0 Å². The predicted octanol–water partition coefficient (Wildman–Crippen LogP) is 4.40. The van der Waals surface area contributed by atoms with Gasteiger partial charge in [-0.1, -0.05) is 49.9 Å². The van der Waals surface area contributed by atoms with Crippen molar-refractivity contribution in [2.75, 3.05) is 0 Å². The van der Waals surface area contributed by atoms with Crippen LogP contribution in [0.3, 0.4) is 0 Å². The molecule has 2 rings (SSSR count). The second kappa shape index (κ2) is 6.42. The van der Waals surface area contributed by atoms with Crippen LogP contribution < -0.4 is 5.32 Å². The maximum atomic E-state index is 5.98. The van der Waals surface area contributed by atoms with E-state index in [0.717, 1.165) is 17.5 Å². The molecule has 1 fully saturated rings. The first kappa shape index (κ1) is 12.9. The molecule has 0 heterocycles. The molecule has 1 aliphatic rings. The molecule has 1 N–H and O–H groups in total. The van der Waals surface area contributed by atoms with Crippen molar-refractivity contribution in [1.29, 1.82) is 0 Å². The largest absolute Gasteiger partial charge is 0.310 e. The van der Waals surface area contributed by atoms with Gasteiger partial charge in [0.15, 0.2) is 0 Å². The smallest absolute Gasteiger partial charge is 0.0409 e. The van der Waals surface area contributed by atoms with Crippen molar-refractivity contribution in [3.8, 4) is 0 Å². The number of rotatable bonds is 4. The predicted molar refractivity (Wildman–Crippen MR) is 74.3 cm³/mol. The third-order valence-electron chi connectivity index (χ3n) is 3.84. The Bertz CT molecular complexity index is 351. The van der Waals surface area contributed by atoms with Crippen LogP contribution in [-0.4, -0.2) is 6.04 Å². The minimum Gasteiger partial charge on any atom is -0.310 e. The van der Waals surface area contributed by atoms with Crippen molar-refractivity contribution >= 4 is 11.6 Å². The van der Waals surface area contributed by atoms with Crippen LogP contribution in [0.15, 0.2) is 24.3 Å². The molecule has 2 heteroatoms. The molecule has 1 aliphatic carbocycles. The lowest BCUT2D eigenvalue weighted by Gasteiger charge is -2.29. The van der Waals surface area contributed by atoms with Crippen molar-refractivity contribution in [2.45, 2.75) is 51.6 Å². The summed E-state index contributed by atoms with van der Waals surface area (Å²) in [7, 11) is 0. The summed E-state index contributed by atoms with van der Waals surface area (Å²) in [5.74, 6) is 0.931. The zero-order chi connectivity index (χ0) is 12.1. The molecule has 0 aliphatic heterocycles. The van der Waals surface area contributed by atoms with Crippen LogP contribution in [-0.2, 0) is 6.54 Å². The van der Waals surface area contributed by atoms with Crippen molar-refractivity contribution in [3.05, 3.63) is 34.9 Å². The molecule has 0 saturated heterocycles. The van der Waals surface area contributed by atoms with Crippen LogP contribution in [0.4, 0.5) is 0 Å². The Morgan fingerprint density at radius 2 is 2.24 bits per heavy atom. The molecular weight excluding hydrogens is 230 g/mol. The number of benzene rings is 1. The van der Waals surface area contributed by atoms with Gasteiger partial charge in [-0.2, -0.15) is 0 Å². The molecule has 1 nitrogen and oxygen atoms in total. The Kier molecular flexibility index (Phi) is 4.87. The summed E-state index contributed by atoms with van der Waals surface area (Å²) in [5, 5.41) is 4.50. The lowest BCUT2D eigenvalue weighted by molar-refractivity contribution is 0.278. The molecule has 1 aromatic rings. The summed E-state index contributed by atoms with van der Waals surface area (Å²) in [4.78, 5) is 0. The highest BCUT2D eigenvalue weighted by Crippen LogP contribution is 2.26. The molecule has 2 atom stereocenters. The molecule has 0 bridgehead atoms. The molecule has 2 unspecified atom stereocenters. The topological polar surface area (TPSA) is 12.0 Å². The molecule has 94 valence electrons. The van der Waals surface area contributed by atoms with E-state index in [1.54, 1.807) is 0 Å². The van der Waals surface area contributed by atoms with Crippen LogP contribution in [0, 0.1) is 5.92 Å². The van der Waals surface area contributed by atoms with Gasteiger partial charge in [0, 0.05) is 17.6 Å². The first-order valence-electron chi connectivity index (χ1n) is 6.75. The van der Waals surface area contributed by atoms with Gasteiger partial charge in [-0.05, 0) is 36.5 Å². The SMILES string of the molecule is CCC1CCCC(NCc2cccc(Cl)c2)C1. The summed E-state index contributed by atoms with van der Waals surface area (Å²) >= 11 is 5.98. The zero-order valence-electron chi connectivity index (χ0n) is 10.6. The van der Waals surface area contributed by atoms with Crippen molar-refractivity contribution in [1.82, 2.24) is 5.32 Å². The second-order valence-electron chi connectivity index (χ2n) is 5.15. The van der Waals surface area contributed by atoms with Gasteiger partial charge in [0.2, 0.25) is 0 Å². The highest BCUT2D eigenvalue weighted by Gasteiger charge is 2.19.